The summed E-state index contributed by atoms with van der Waals surface area (Å²) in [6.45, 7) is 0.447. The van der Waals surface area contributed by atoms with Gasteiger partial charge in [-0.3, -0.25) is 4.79 Å². The smallest absolute Gasteiger partial charge is 0.223 e. The van der Waals surface area contributed by atoms with E-state index in [-0.39, 0.29) is 5.91 Å². The molecule has 0 heterocycles. The van der Waals surface area contributed by atoms with Gasteiger partial charge in [-0.15, -0.1) is 0 Å². The third kappa shape index (κ3) is 5.33. The minimum Gasteiger partial charge on any atom is -0.493 e. The van der Waals surface area contributed by atoms with Gasteiger partial charge in [-0.25, -0.2) is 0 Å². The fourth-order valence-corrected chi connectivity index (χ4v) is 2.50. The van der Waals surface area contributed by atoms with Crippen LogP contribution in [-0.4, -0.2) is 18.6 Å². The molecule has 1 saturated carbocycles. The Kier molecular flexibility index (Phi) is 5.73. The van der Waals surface area contributed by atoms with Gasteiger partial charge in [0.25, 0.3) is 0 Å². The summed E-state index contributed by atoms with van der Waals surface area (Å²) in [5.74, 6) is 0.938. The van der Waals surface area contributed by atoms with Crippen LogP contribution in [0, 0.1) is 0 Å². The van der Waals surface area contributed by atoms with Crippen molar-refractivity contribution in [2.24, 2.45) is 0 Å². The molecule has 0 unspecified atom stereocenters. The lowest BCUT2D eigenvalue weighted by Crippen LogP contribution is -2.35. The van der Waals surface area contributed by atoms with E-state index < -0.39 is 0 Å². The molecule has 104 valence electrons. The SMILES string of the molecule is O=C(CCOc1ccccc1)NC1CCCCCC1. The van der Waals surface area contributed by atoms with E-state index >= 15 is 0 Å². The third-order valence-corrected chi connectivity index (χ3v) is 3.56. The van der Waals surface area contributed by atoms with E-state index in [4.69, 9.17) is 4.74 Å². The van der Waals surface area contributed by atoms with Crippen molar-refractivity contribution in [2.45, 2.75) is 51.0 Å². The fourth-order valence-electron chi connectivity index (χ4n) is 2.50. The van der Waals surface area contributed by atoms with E-state index in [1.807, 2.05) is 30.3 Å². The van der Waals surface area contributed by atoms with Crippen molar-refractivity contribution < 1.29 is 9.53 Å². The molecule has 3 nitrogen and oxygen atoms in total. The third-order valence-electron chi connectivity index (χ3n) is 3.56. The number of hydrogen-bond donors (Lipinski definition) is 1. The number of para-hydroxylation sites is 1. The van der Waals surface area contributed by atoms with Crippen LogP contribution in [0.2, 0.25) is 0 Å². The normalized spacial score (nSPS) is 16.6. The predicted molar refractivity (Wildman–Crippen MR) is 76.2 cm³/mol. The van der Waals surface area contributed by atoms with Crippen molar-refractivity contribution in [3.8, 4) is 5.75 Å². The summed E-state index contributed by atoms with van der Waals surface area (Å²) >= 11 is 0. The number of benzene rings is 1. The zero-order valence-electron chi connectivity index (χ0n) is 11.4. The highest BCUT2D eigenvalue weighted by atomic mass is 16.5. The number of ether oxygens (including phenoxy) is 1. The average molecular weight is 261 g/mol. The fraction of sp³-hybridized carbons (Fsp3) is 0.562. The molecule has 1 aromatic carbocycles. The summed E-state index contributed by atoms with van der Waals surface area (Å²) < 4.78 is 5.53. The topological polar surface area (TPSA) is 38.3 Å². The maximum Gasteiger partial charge on any atom is 0.223 e. The molecule has 19 heavy (non-hydrogen) atoms. The van der Waals surface area contributed by atoms with Crippen LogP contribution in [0.1, 0.15) is 44.9 Å². The van der Waals surface area contributed by atoms with Gasteiger partial charge >= 0.3 is 0 Å². The van der Waals surface area contributed by atoms with Gasteiger partial charge in [-0.2, -0.15) is 0 Å². The van der Waals surface area contributed by atoms with Crippen LogP contribution in [0.4, 0.5) is 0 Å². The van der Waals surface area contributed by atoms with E-state index in [2.05, 4.69) is 5.32 Å². The molecule has 1 aromatic rings. The van der Waals surface area contributed by atoms with Crippen LogP contribution in [0.25, 0.3) is 0 Å². The van der Waals surface area contributed by atoms with Gasteiger partial charge in [-0.05, 0) is 25.0 Å². The van der Waals surface area contributed by atoms with Gasteiger partial charge in [0, 0.05) is 6.04 Å². The molecule has 2 rings (SSSR count). The van der Waals surface area contributed by atoms with Crippen LogP contribution in [0.3, 0.4) is 0 Å². The molecular weight excluding hydrogens is 238 g/mol. The number of hydrogen-bond acceptors (Lipinski definition) is 2. The number of carbonyl (C=O) groups excluding carboxylic acids is 1. The van der Waals surface area contributed by atoms with Crippen LogP contribution in [-0.2, 0) is 4.79 Å². The van der Waals surface area contributed by atoms with Gasteiger partial charge in [0.2, 0.25) is 5.91 Å². The number of nitrogens with one attached hydrogen (secondary N) is 1. The van der Waals surface area contributed by atoms with Crippen molar-refractivity contribution in [1.29, 1.82) is 0 Å². The molecule has 0 saturated heterocycles. The lowest BCUT2D eigenvalue weighted by Gasteiger charge is -2.16. The molecule has 0 atom stereocenters. The Morgan fingerprint density at radius 2 is 1.79 bits per heavy atom. The summed E-state index contributed by atoms with van der Waals surface area (Å²) in [4.78, 5) is 11.8. The summed E-state index contributed by atoms with van der Waals surface area (Å²) in [6, 6.07) is 10.0. The number of rotatable bonds is 5. The Balaban J connectivity index is 1.64. The largest absolute Gasteiger partial charge is 0.493 e. The van der Waals surface area contributed by atoms with Crippen LogP contribution in [0.15, 0.2) is 30.3 Å². The Morgan fingerprint density at radius 1 is 1.11 bits per heavy atom. The lowest BCUT2D eigenvalue weighted by molar-refractivity contribution is -0.122. The van der Waals surface area contributed by atoms with Crippen molar-refractivity contribution in [3.05, 3.63) is 30.3 Å². The van der Waals surface area contributed by atoms with Gasteiger partial charge in [0.15, 0.2) is 0 Å². The summed E-state index contributed by atoms with van der Waals surface area (Å²) in [5, 5.41) is 3.13. The molecule has 0 radical (unpaired) electrons. The van der Waals surface area contributed by atoms with Crippen molar-refractivity contribution >= 4 is 5.91 Å². The quantitative estimate of drug-likeness (QED) is 0.826. The van der Waals surface area contributed by atoms with Gasteiger partial charge in [-0.1, -0.05) is 43.9 Å². The van der Waals surface area contributed by atoms with Gasteiger partial charge in [0.05, 0.1) is 13.0 Å². The van der Waals surface area contributed by atoms with E-state index in [1.165, 1.54) is 25.7 Å². The van der Waals surface area contributed by atoms with Crippen LogP contribution in [0.5, 0.6) is 5.75 Å². The molecule has 0 aromatic heterocycles. The molecule has 1 fully saturated rings. The molecule has 0 aliphatic heterocycles. The minimum atomic E-state index is 0.114. The maximum atomic E-state index is 11.8. The van der Waals surface area contributed by atoms with E-state index in [0.29, 0.717) is 19.1 Å². The average Bonchev–Trinajstić information content (AvgIpc) is 2.68. The summed E-state index contributed by atoms with van der Waals surface area (Å²) in [6.07, 6.45) is 7.80. The van der Waals surface area contributed by atoms with Gasteiger partial charge < -0.3 is 10.1 Å². The highest BCUT2D eigenvalue weighted by Crippen LogP contribution is 2.17. The Labute approximate surface area is 115 Å². The maximum absolute atomic E-state index is 11.8. The second-order valence-electron chi connectivity index (χ2n) is 5.17. The highest BCUT2D eigenvalue weighted by Gasteiger charge is 2.14. The van der Waals surface area contributed by atoms with E-state index in [9.17, 15) is 4.79 Å². The molecule has 1 amide bonds. The molecular formula is C16H23NO2. The first kappa shape index (κ1) is 13.9. The highest BCUT2D eigenvalue weighted by molar-refractivity contribution is 5.76. The van der Waals surface area contributed by atoms with E-state index in [1.54, 1.807) is 0 Å². The zero-order valence-corrected chi connectivity index (χ0v) is 11.4. The Morgan fingerprint density at radius 3 is 2.47 bits per heavy atom. The van der Waals surface area contributed by atoms with Crippen molar-refractivity contribution in [2.75, 3.05) is 6.61 Å². The lowest BCUT2D eigenvalue weighted by atomic mass is 10.1. The second kappa shape index (κ2) is 7.82. The van der Waals surface area contributed by atoms with Crippen LogP contribution < -0.4 is 10.1 Å². The van der Waals surface area contributed by atoms with E-state index in [0.717, 1.165) is 18.6 Å². The minimum absolute atomic E-state index is 0.114. The molecule has 1 aliphatic rings. The molecule has 1 aliphatic carbocycles. The molecule has 0 bridgehead atoms. The number of amides is 1. The molecule has 0 spiro atoms. The Bertz CT molecular complexity index is 370. The van der Waals surface area contributed by atoms with Crippen molar-refractivity contribution in [1.82, 2.24) is 5.32 Å². The number of carbonyl (C=O) groups is 1. The van der Waals surface area contributed by atoms with Crippen LogP contribution >= 0.6 is 0 Å². The Hall–Kier alpha value is -1.51. The first-order valence-electron chi connectivity index (χ1n) is 7.32. The first-order valence-corrected chi connectivity index (χ1v) is 7.32. The predicted octanol–water partition coefficient (Wildman–Crippen LogP) is 3.29. The second-order valence-corrected chi connectivity index (χ2v) is 5.17. The zero-order chi connectivity index (χ0) is 13.3. The monoisotopic (exact) mass is 261 g/mol. The first-order chi connectivity index (χ1) is 9.34. The summed E-state index contributed by atoms with van der Waals surface area (Å²) in [5.41, 5.74) is 0. The summed E-state index contributed by atoms with van der Waals surface area (Å²) in [7, 11) is 0. The van der Waals surface area contributed by atoms with Gasteiger partial charge in [0.1, 0.15) is 5.75 Å². The standard InChI is InChI=1S/C16H23NO2/c18-16(17-14-8-4-1-2-5-9-14)12-13-19-15-10-6-3-7-11-15/h3,6-7,10-11,14H,1-2,4-5,8-9,12-13H2,(H,17,18). The molecule has 1 N–H and O–H groups in total. The molecule has 3 heteroatoms. The van der Waals surface area contributed by atoms with Crippen molar-refractivity contribution in [3.63, 3.8) is 0 Å².